The van der Waals surface area contributed by atoms with Crippen molar-refractivity contribution in [2.45, 2.75) is 5.75 Å². The third kappa shape index (κ3) is 4.91. The summed E-state index contributed by atoms with van der Waals surface area (Å²) in [5.74, 6) is 1.47. The van der Waals surface area contributed by atoms with Gasteiger partial charge < -0.3 is 4.74 Å². The molecule has 1 aliphatic heterocycles. The lowest BCUT2D eigenvalue weighted by Gasteiger charge is -2.03. The molecule has 0 unspecified atom stereocenters. The number of benzene rings is 2. The Kier molecular flexibility index (Phi) is 6.28. The summed E-state index contributed by atoms with van der Waals surface area (Å²) in [5.41, 5.74) is 2.44. The van der Waals surface area contributed by atoms with E-state index in [1.165, 1.54) is 0 Å². The molecule has 0 bridgehead atoms. The van der Waals surface area contributed by atoms with Gasteiger partial charge in [0.15, 0.2) is 0 Å². The van der Waals surface area contributed by atoms with Crippen LogP contribution in [0, 0.1) is 0 Å². The van der Waals surface area contributed by atoms with E-state index < -0.39 is 0 Å². The number of nitrogens with zero attached hydrogens (tertiary/aromatic N) is 1. The number of rotatable bonds is 4. The van der Waals surface area contributed by atoms with Gasteiger partial charge in [0.05, 0.1) is 7.11 Å². The van der Waals surface area contributed by atoms with Crippen molar-refractivity contribution in [1.29, 1.82) is 0 Å². The maximum Gasteiger partial charge on any atom is 0.244 e. The van der Waals surface area contributed by atoms with E-state index in [9.17, 15) is 4.79 Å². The molecule has 0 spiro atoms. The molecule has 0 aromatic heterocycles. The number of carbonyl (C=O) groups excluding carboxylic acids is 1. The summed E-state index contributed by atoms with van der Waals surface area (Å²) >= 11 is 12.1. The highest BCUT2D eigenvalue weighted by atomic mass is 79.9. The van der Waals surface area contributed by atoms with Gasteiger partial charge in [-0.1, -0.05) is 51.4 Å². The second-order valence-corrected chi connectivity index (χ2v) is 8.57. The van der Waals surface area contributed by atoms with E-state index in [1.807, 2.05) is 42.5 Å². The standard InChI is InChI=1S/C18H13BrClNO2S2/c1-23-14-6-7-15(19)12(8-14)9-16-17(22)25-18(21-16)24-10-11-2-4-13(20)5-3-11/h2-9H,10H2,1H3/b16-9+. The Balaban J connectivity index is 1.74. The molecule has 128 valence electrons. The van der Waals surface area contributed by atoms with Gasteiger partial charge in [0.1, 0.15) is 15.8 Å². The van der Waals surface area contributed by atoms with Gasteiger partial charge in [0.2, 0.25) is 5.12 Å². The zero-order chi connectivity index (χ0) is 17.8. The van der Waals surface area contributed by atoms with Gasteiger partial charge in [-0.05, 0) is 59.3 Å². The largest absolute Gasteiger partial charge is 0.497 e. The Bertz CT molecular complexity index is 866. The normalized spacial score (nSPS) is 15.6. The minimum atomic E-state index is -0.0478. The molecule has 0 fully saturated rings. The van der Waals surface area contributed by atoms with Crippen molar-refractivity contribution in [3.05, 3.63) is 68.8 Å². The average Bonchev–Trinajstić information content (AvgIpc) is 2.96. The summed E-state index contributed by atoms with van der Waals surface area (Å²) in [6.07, 6.45) is 1.78. The van der Waals surface area contributed by atoms with Gasteiger partial charge in [0, 0.05) is 15.2 Å². The minimum absolute atomic E-state index is 0.0478. The highest BCUT2D eigenvalue weighted by molar-refractivity contribution is 9.10. The Hall–Kier alpha value is -1.21. The van der Waals surface area contributed by atoms with Gasteiger partial charge >= 0.3 is 0 Å². The van der Waals surface area contributed by atoms with Crippen molar-refractivity contribution in [3.8, 4) is 5.75 Å². The fourth-order valence-electron chi connectivity index (χ4n) is 2.08. The van der Waals surface area contributed by atoms with Crippen LogP contribution in [-0.4, -0.2) is 16.6 Å². The van der Waals surface area contributed by atoms with Crippen LogP contribution < -0.4 is 4.74 Å². The van der Waals surface area contributed by atoms with E-state index in [0.29, 0.717) is 10.7 Å². The third-order valence-electron chi connectivity index (χ3n) is 3.37. The lowest BCUT2D eigenvalue weighted by molar-refractivity contribution is -0.107. The molecule has 0 amide bonds. The van der Waals surface area contributed by atoms with Crippen LogP contribution in [0.5, 0.6) is 5.75 Å². The van der Waals surface area contributed by atoms with Crippen molar-refractivity contribution in [2.24, 2.45) is 4.99 Å². The number of methoxy groups -OCH3 is 1. The second-order valence-electron chi connectivity index (χ2n) is 5.10. The van der Waals surface area contributed by atoms with Gasteiger partial charge in [0.25, 0.3) is 0 Å². The molecule has 25 heavy (non-hydrogen) atoms. The SMILES string of the molecule is COc1ccc(Br)c(/C=C2/N=C(SCc3ccc(Cl)cc3)SC2=O)c1. The molecule has 1 aliphatic rings. The van der Waals surface area contributed by atoms with E-state index in [-0.39, 0.29) is 5.12 Å². The number of aliphatic imine (C=N–C) groups is 1. The lowest BCUT2D eigenvalue weighted by atomic mass is 10.2. The molecule has 0 aliphatic carbocycles. The Morgan fingerprint density at radius 1 is 1.28 bits per heavy atom. The molecule has 3 rings (SSSR count). The summed E-state index contributed by atoms with van der Waals surface area (Å²) in [4.78, 5) is 16.7. The Morgan fingerprint density at radius 2 is 2.04 bits per heavy atom. The zero-order valence-corrected chi connectivity index (χ0v) is 17.1. The smallest absolute Gasteiger partial charge is 0.244 e. The van der Waals surface area contributed by atoms with Crippen LogP contribution >= 0.6 is 51.1 Å². The van der Waals surface area contributed by atoms with Gasteiger partial charge in [-0.2, -0.15) is 0 Å². The Morgan fingerprint density at radius 3 is 2.76 bits per heavy atom. The summed E-state index contributed by atoms with van der Waals surface area (Å²) in [6.45, 7) is 0. The van der Waals surface area contributed by atoms with Crippen molar-refractivity contribution in [3.63, 3.8) is 0 Å². The quantitative estimate of drug-likeness (QED) is 0.530. The first-order valence-electron chi connectivity index (χ1n) is 7.28. The molecular weight excluding hydrogens is 442 g/mol. The molecule has 3 nitrogen and oxygen atoms in total. The van der Waals surface area contributed by atoms with Gasteiger partial charge in [-0.25, -0.2) is 4.99 Å². The first kappa shape index (κ1) is 18.6. The van der Waals surface area contributed by atoms with Crippen molar-refractivity contribution >= 4 is 66.6 Å². The van der Waals surface area contributed by atoms with Crippen molar-refractivity contribution in [2.75, 3.05) is 7.11 Å². The number of hydrogen-bond donors (Lipinski definition) is 0. The Labute approximate surface area is 168 Å². The predicted molar refractivity (Wildman–Crippen MR) is 111 cm³/mol. The van der Waals surface area contributed by atoms with Crippen molar-refractivity contribution < 1.29 is 9.53 Å². The number of carbonyl (C=O) groups is 1. The van der Waals surface area contributed by atoms with Crippen molar-refractivity contribution in [1.82, 2.24) is 0 Å². The first-order chi connectivity index (χ1) is 12.0. The van der Waals surface area contributed by atoms with Crippen LogP contribution in [-0.2, 0) is 10.5 Å². The maximum atomic E-state index is 12.2. The second kappa shape index (κ2) is 8.45. The summed E-state index contributed by atoms with van der Waals surface area (Å²) in [6, 6.07) is 13.3. The van der Waals surface area contributed by atoms with Crippen LogP contribution in [0.25, 0.3) is 6.08 Å². The minimum Gasteiger partial charge on any atom is -0.497 e. The summed E-state index contributed by atoms with van der Waals surface area (Å²) in [5, 5.41) is 0.666. The van der Waals surface area contributed by atoms with Crippen LogP contribution in [0.2, 0.25) is 5.02 Å². The number of ether oxygens (including phenoxy) is 1. The fraction of sp³-hybridized carbons (Fsp3) is 0.111. The number of halogens is 2. The highest BCUT2D eigenvalue weighted by Gasteiger charge is 2.22. The number of thioether (sulfide) groups is 2. The molecule has 0 saturated heterocycles. The van der Waals surface area contributed by atoms with E-state index in [0.717, 1.165) is 43.2 Å². The lowest BCUT2D eigenvalue weighted by Crippen LogP contribution is -1.90. The average molecular weight is 455 g/mol. The summed E-state index contributed by atoms with van der Waals surface area (Å²) in [7, 11) is 1.61. The summed E-state index contributed by atoms with van der Waals surface area (Å²) < 4.78 is 6.87. The molecule has 2 aromatic rings. The van der Waals surface area contributed by atoms with E-state index in [2.05, 4.69) is 20.9 Å². The molecule has 1 heterocycles. The third-order valence-corrected chi connectivity index (χ3v) is 6.43. The van der Waals surface area contributed by atoms with E-state index in [1.54, 1.807) is 24.9 Å². The van der Waals surface area contributed by atoms with E-state index in [4.69, 9.17) is 16.3 Å². The van der Waals surface area contributed by atoms with Crippen LogP contribution in [0.3, 0.4) is 0 Å². The number of hydrogen-bond acceptors (Lipinski definition) is 5. The monoisotopic (exact) mass is 453 g/mol. The molecule has 0 saturated carbocycles. The first-order valence-corrected chi connectivity index (χ1v) is 10.3. The highest BCUT2D eigenvalue weighted by Crippen LogP contribution is 2.34. The molecule has 0 N–H and O–H groups in total. The van der Waals surface area contributed by atoms with Gasteiger partial charge in [-0.15, -0.1) is 0 Å². The zero-order valence-electron chi connectivity index (χ0n) is 13.2. The molecular formula is C18H13BrClNO2S2. The molecule has 7 heteroatoms. The molecule has 0 radical (unpaired) electrons. The van der Waals surface area contributed by atoms with Gasteiger partial charge in [-0.3, -0.25) is 4.79 Å². The van der Waals surface area contributed by atoms with E-state index >= 15 is 0 Å². The van der Waals surface area contributed by atoms with Crippen LogP contribution in [0.4, 0.5) is 0 Å². The van der Waals surface area contributed by atoms with Crippen LogP contribution in [0.15, 0.2) is 57.6 Å². The topological polar surface area (TPSA) is 38.7 Å². The predicted octanol–water partition coefficient (Wildman–Crippen LogP) is 6.01. The van der Waals surface area contributed by atoms with Crippen LogP contribution in [0.1, 0.15) is 11.1 Å². The fourth-order valence-corrected chi connectivity index (χ4v) is 4.37. The maximum absolute atomic E-state index is 12.2. The molecule has 0 atom stereocenters. The molecule has 2 aromatic carbocycles.